The van der Waals surface area contributed by atoms with E-state index in [1.165, 1.54) is 0 Å². The van der Waals surface area contributed by atoms with Gasteiger partial charge < -0.3 is 14.6 Å². The van der Waals surface area contributed by atoms with Crippen molar-refractivity contribution in [3.8, 4) is 0 Å². The molecule has 5 nitrogen and oxygen atoms in total. The van der Waals surface area contributed by atoms with Crippen LogP contribution in [0, 0.1) is 0 Å². The second kappa shape index (κ2) is 3.74. The van der Waals surface area contributed by atoms with E-state index in [0.29, 0.717) is 18.5 Å². The molecule has 1 N–H and O–H groups in total. The quantitative estimate of drug-likeness (QED) is 0.741. The smallest absolute Gasteiger partial charge is 0.321 e. The molecule has 1 aliphatic heterocycles. The van der Waals surface area contributed by atoms with Gasteiger partial charge in [-0.2, -0.15) is 4.98 Å². The number of rotatable bonds is 2. The first-order valence-electron chi connectivity index (χ1n) is 4.49. The zero-order valence-corrected chi connectivity index (χ0v) is 7.62. The predicted octanol–water partition coefficient (Wildman–Crippen LogP) is 1.01. The van der Waals surface area contributed by atoms with Crippen LogP contribution in [-0.4, -0.2) is 30.4 Å². The highest BCUT2D eigenvalue weighted by molar-refractivity contribution is 5.17. The number of hydrogen-bond acceptors (Lipinski definition) is 5. The molecule has 0 spiro atoms. The molecule has 0 amide bonds. The van der Waals surface area contributed by atoms with Gasteiger partial charge in [-0.25, -0.2) is 0 Å². The van der Waals surface area contributed by atoms with Crippen LogP contribution in [0.4, 0.5) is 6.01 Å². The number of hydrogen-bond donors (Lipinski definition) is 1. The van der Waals surface area contributed by atoms with Gasteiger partial charge in [-0.1, -0.05) is 5.16 Å². The van der Waals surface area contributed by atoms with Crippen molar-refractivity contribution in [3.63, 3.8) is 0 Å². The van der Waals surface area contributed by atoms with Crippen LogP contribution in [0.3, 0.4) is 0 Å². The van der Waals surface area contributed by atoms with Gasteiger partial charge in [0.05, 0.1) is 6.61 Å². The predicted molar refractivity (Wildman–Crippen MR) is 46.6 cm³/mol. The molecule has 1 aliphatic rings. The van der Waals surface area contributed by atoms with Crippen LogP contribution in [0.1, 0.15) is 24.6 Å². The van der Waals surface area contributed by atoms with Crippen LogP contribution in [0.2, 0.25) is 0 Å². The Kier molecular flexibility index (Phi) is 2.44. The summed E-state index contributed by atoms with van der Waals surface area (Å²) >= 11 is 0. The molecule has 1 aromatic rings. The maximum absolute atomic E-state index is 5.34. The maximum Gasteiger partial charge on any atom is 0.321 e. The Balaban J connectivity index is 2.05. The molecule has 1 saturated heterocycles. The topological polar surface area (TPSA) is 60.2 Å². The van der Waals surface area contributed by atoms with Gasteiger partial charge in [0.2, 0.25) is 0 Å². The highest BCUT2D eigenvalue weighted by Gasteiger charge is 2.20. The van der Waals surface area contributed by atoms with Crippen molar-refractivity contribution in [1.82, 2.24) is 10.1 Å². The van der Waals surface area contributed by atoms with Crippen LogP contribution in [-0.2, 0) is 4.74 Å². The lowest BCUT2D eigenvalue weighted by Crippen LogP contribution is -2.16. The molecule has 1 unspecified atom stereocenters. The first kappa shape index (κ1) is 8.50. The molecule has 72 valence electrons. The minimum absolute atomic E-state index is 0.305. The van der Waals surface area contributed by atoms with Gasteiger partial charge in [0.1, 0.15) is 0 Å². The Morgan fingerprint density at radius 3 is 3.08 bits per heavy atom. The summed E-state index contributed by atoms with van der Waals surface area (Å²) in [5, 5.41) is 6.69. The zero-order chi connectivity index (χ0) is 9.10. The average Bonchev–Trinajstić information content (AvgIpc) is 2.67. The molecule has 1 atom stereocenters. The first-order chi connectivity index (χ1) is 6.40. The third-order valence-corrected chi connectivity index (χ3v) is 2.18. The van der Waals surface area contributed by atoms with E-state index in [9.17, 15) is 0 Å². The fourth-order valence-corrected chi connectivity index (χ4v) is 1.45. The van der Waals surface area contributed by atoms with E-state index in [-0.39, 0.29) is 0 Å². The van der Waals surface area contributed by atoms with Gasteiger partial charge in [-0.15, -0.1) is 0 Å². The Labute approximate surface area is 76.5 Å². The van der Waals surface area contributed by atoms with Crippen LogP contribution in [0.25, 0.3) is 0 Å². The van der Waals surface area contributed by atoms with Gasteiger partial charge in [-0.05, 0) is 12.8 Å². The zero-order valence-electron chi connectivity index (χ0n) is 7.62. The van der Waals surface area contributed by atoms with Crippen LogP contribution < -0.4 is 5.32 Å². The fourth-order valence-electron chi connectivity index (χ4n) is 1.45. The van der Waals surface area contributed by atoms with E-state index < -0.39 is 0 Å². The third kappa shape index (κ3) is 1.80. The molecule has 0 saturated carbocycles. The standard InChI is InChI=1S/C8H13N3O2/c1-9-8-10-7(11-13-8)6-3-2-4-12-5-6/h6H,2-5H2,1H3,(H,9,10,11). The fraction of sp³-hybridized carbons (Fsp3) is 0.750. The molecule has 2 rings (SSSR count). The molecular formula is C8H13N3O2. The summed E-state index contributed by atoms with van der Waals surface area (Å²) in [4.78, 5) is 4.18. The number of nitrogens with one attached hydrogen (secondary N) is 1. The molecular weight excluding hydrogens is 170 g/mol. The minimum Gasteiger partial charge on any atom is -0.381 e. The maximum atomic E-state index is 5.34. The minimum atomic E-state index is 0.305. The van der Waals surface area contributed by atoms with Gasteiger partial charge >= 0.3 is 6.01 Å². The second-order valence-corrected chi connectivity index (χ2v) is 3.12. The van der Waals surface area contributed by atoms with Gasteiger partial charge in [0.25, 0.3) is 0 Å². The van der Waals surface area contributed by atoms with E-state index in [2.05, 4.69) is 15.5 Å². The number of anilines is 1. The summed E-state index contributed by atoms with van der Waals surface area (Å²) in [6.45, 7) is 1.57. The summed E-state index contributed by atoms with van der Waals surface area (Å²) in [5.74, 6) is 1.06. The molecule has 2 heterocycles. The molecule has 0 bridgehead atoms. The Morgan fingerprint density at radius 2 is 2.46 bits per heavy atom. The Morgan fingerprint density at radius 1 is 1.54 bits per heavy atom. The average molecular weight is 183 g/mol. The van der Waals surface area contributed by atoms with Crippen LogP contribution in [0.15, 0.2) is 4.52 Å². The monoisotopic (exact) mass is 183 g/mol. The van der Waals surface area contributed by atoms with Gasteiger partial charge in [0.15, 0.2) is 5.82 Å². The van der Waals surface area contributed by atoms with Crippen LogP contribution >= 0.6 is 0 Å². The largest absolute Gasteiger partial charge is 0.381 e. The molecule has 13 heavy (non-hydrogen) atoms. The Bertz CT molecular complexity index is 268. The SMILES string of the molecule is CNc1nc(C2CCCOC2)no1. The summed E-state index contributed by atoms with van der Waals surface area (Å²) in [6, 6.07) is 0.473. The van der Waals surface area contributed by atoms with Crippen molar-refractivity contribution in [1.29, 1.82) is 0 Å². The van der Waals surface area contributed by atoms with E-state index in [4.69, 9.17) is 9.26 Å². The molecule has 0 radical (unpaired) electrons. The molecule has 1 aromatic heterocycles. The van der Waals surface area contributed by atoms with Crippen molar-refractivity contribution in [2.45, 2.75) is 18.8 Å². The van der Waals surface area contributed by atoms with Crippen molar-refractivity contribution >= 4 is 6.01 Å². The summed E-state index contributed by atoms with van der Waals surface area (Å²) in [5.41, 5.74) is 0. The molecule has 5 heteroatoms. The molecule has 1 fully saturated rings. The normalized spacial score (nSPS) is 23.0. The number of aromatic nitrogens is 2. The van der Waals surface area contributed by atoms with Gasteiger partial charge in [0, 0.05) is 19.6 Å². The highest BCUT2D eigenvalue weighted by Crippen LogP contribution is 2.23. The van der Waals surface area contributed by atoms with E-state index in [1.54, 1.807) is 7.05 Å². The van der Waals surface area contributed by atoms with E-state index in [1.807, 2.05) is 0 Å². The van der Waals surface area contributed by atoms with Crippen molar-refractivity contribution < 1.29 is 9.26 Å². The summed E-state index contributed by atoms with van der Waals surface area (Å²) in [6.07, 6.45) is 2.16. The second-order valence-electron chi connectivity index (χ2n) is 3.12. The molecule has 0 aliphatic carbocycles. The lowest BCUT2D eigenvalue weighted by atomic mass is 10.0. The lowest BCUT2D eigenvalue weighted by Gasteiger charge is -2.18. The van der Waals surface area contributed by atoms with Crippen molar-refractivity contribution in [3.05, 3.63) is 5.82 Å². The van der Waals surface area contributed by atoms with Crippen molar-refractivity contribution in [2.24, 2.45) is 0 Å². The highest BCUT2D eigenvalue weighted by atomic mass is 16.5. The van der Waals surface area contributed by atoms with Crippen molar-refractivity contribution in [2.75, 3.05) is 25.6 Å². The third-order valence-electron chi connectivity index (χ3n) is 2.18. The van der Waals surface area contributed by atoms with E-state index >= 15 is 0 Å². The molecule has 0 aromatic carbocycles. The van der Waals surface area contributed by atoms with Crippen LogP contribution in [0.5, 0.6) is 0 Å². The first-order valence-corrected chi connectivity index (χ1v) is 4.49. The summed E-state index contributed by atoms with van der Waals surface area (Å²) < 4.78 is 10.3. The lowest BCUT2D eigenvalue weighted by molar-refractivity contribution is 0.0773. The van der Waals surface area contributed by atoms with E-state index in [0.717, 1.165) is 25.3 Å². The summed E-state index contributed by atoms with van der Waals surface area (Å²) in [7, 11) is 1.76. The van der Waals surface area contributed by atoms with Gasteiger partial charge in [-0.3, -0.25) is 0 Å². The number of nitrogens with zero attached hydrogens (tertiary/aromatic N) is 2. The number of ether oxygens (including phenoxy) is 1. The Hall–Kier alpha value is -1.10.